The number of benzene rings is 2. The van der Waals surface area contributed by atoms with Crippen molar-refractivity contribution < 1.29 is 19.4 Å². The Morgan fingerprint density at radius 3 is 2.77 bits per heavy atom. The van der Waals surface area contributed by atoms with E-state index >= 15 is 0 Å². The first-order valence-electron chi connectivity index (χ1n) is 8.97. The topological polar surface area (TPSA) is 105 Å². The van der Waals surface area contributed by atoms with Crippen molar-refractivity contribution in [2.45, 2.75) is 6.04 Å². The molecule has 1 aliphatic heterocycles. The molecule has 8 nitrogen and oxygen atoms in total. The molecule has 3 aromatic rings. The number of hydrogen-bond donors (Lipinski definition) is 3. The number of methoxy groups -OCH3 is 1. The van der Waals surface area contributed by atoms with Crippen molar-refractivity contribution in [3.8, 4) is 5.75 Å². The van der Waals surface area contributed by atoms with Crippen LogP contribution in [0, 0.1) is 0 Å². The fourth-order valence-corrected chi connectivity index (χ4v) is 3.74. The van der Waals surface area contributed by atoms with E-state index in [9.17, 15) is 14.7 Å². The summed E-state index contributed by atoms with van der Waals surface area (Å²) in [4.78, 5) is 24.6. The molecule has 152 valence electrons. The molecule has 0 fully saturated rings. The Bertz CT molecular complexity index is 1170. The minimum absolute atomic E-state index is 0.0285. The molecule has 2 heterocycles. The van der Waals surface area contributed by atoms with E-state index in [0.29, 0.717) is 17.3 Å². The largest absolute Gasteiger partial charge is 0.497 e. The molecule has 0 spiro atoms. The van der Waals surface area contributed by atoms with E-state index < -0.39 is 17.9 Å². The molecule has 2 aromatic carbocycles. The van der Waals surface area contributed by atoms with Gasteiger partial charge in [0.2, 0.25) is 0 Å². The number of amides is 1. The number of allylic oxidation sites excluding steroid dienone is 1. The second-order valence-corrected chi connectivity index (χ2v) is 7.37. The van der Waals surface area contributed by atoms with Gasteiger partial charge in [-0.2, -0.15) is 5.10 Å². The summed E-state index contributed by atoms with van der Waals surface area (Å²) in [6.45, 7) is 0. The lowest BCUT2D eigenvalue weighted by Crippen LogP contribution is -2.25. The predicted octanol–water partition coefficient (Wildman–Crippen LogP) is 3.89. The molecule has 30 heavy (non-hydrogen) atoms. The number of nitrogens with zero attached hydrogens (tertiary/aromatic N) is 2. The van der Waals surface area contributed by atoms with Crippen molar-refractivity contribution >= 4 is 39.3 Å². The lowest BCUT2D eigenvalue weighted by Gasteiger charge is -2.25. The molecule has 0 radical (unpaired) electrons. The Labute approximate surface area is 180 Å². The highest BCUT2D eigenvalue weighted by Crippen LogP contribution is 2.35. The molecule has 4 rings (SSSR count). The summed E-state index contributed by atoms with van der Waals surface area (Å²) in [6.07, 6.45) is 2.98. The molecular formula is C21H17BrN4O4. The van der Waals surface area contributed by atoms with Gasteiger partial charge in [0.25, 0.3) is 5.91 Å². The normalized spacial score (nSPS) is 14.9. The zero-order valence-electron chi connectivity index (χ0n) is 15.8. The van der Waals surface area contributed by atoms with E-state index in [2.05, 4.69) is 31.7 Å². The van der Waals surface area contributed by atoms with Crippen LogP contribution in [0.2, 0.25) is 0 Å². The quantitative estimate of drug-likeness (QED) is 0.524. The number of carbonyl (C=O) groups excluding carboxylic acids is 1. The minimum Gasteiger partial charge on any atom is -0.497 e. The maximum absolute atomic E-state index is 12.9. The zero-order valence-corrected chi connectivity index (χ0v) is 17.4. The highest BCUT2D eigenvalue weighted by atomic mass is 79.9. The summed E-state index contributed by atoms with van der Waals surface area (Å²) in [6, 6.07) is 13.9. The number of carboxylic acids is 1. The van der Waals surface area contributed by atoms with Crippen LogP contribution in [0.3, 0.4) is 0 Å². The number of aromatic nitrogens is 2. The van der Waals surface area contributed by atoms with Gasteiger partial charge in [0, 0.05) is 16.2 Å². The Morgan fingerprint density at radius 2 is 2.03 bits per heavy atom. The van der Waals surface area contributed by atoms with Crippen LogP contribution in [-0.2, 0) is 4.79 Å². The minimum atomic E-state index is -1.13. The molecule has 0 aliphatic carbocycles. The summed E-state index contributed by atoms with van der Waals surface area (Å²) in [5.74, 6) is -0.641. The van der Waals surface area contributed by atoms with E-state index in [-0.39, 0.29) is 11.3 Å². The third kappa shape index (κ3) is 3.67. The van der Waals surface area contributed by atoms with Crippen molar-refractivity contribution in [2.75, 3.05) is 17.7 Å². The number of aliphatic carboxylic acids is 1. The van der Waals surface area contributed by atoms with Gasteiger partial charge in [-0.25, -0.2) is 9.48 Å². The molecule has 0 saturated carbocycles. The average Bonchev–Trinajstić information content (AvgIpc) is 3.18. The van der Waals surface area contributed by atoms with Crippen LogP contribution in [0.25, 0.3) is 0 Å². The van der Waals surface area contributed by atoms with Gasteiger partial charge < -0.3 is 20.5 Å². The maximum atomic E-state index is 12.9. The van der Waals surface area contributed by atoms with Crippen LogP contribution in [0.15, 0.2) is 71.0 Å². The summed E-state index contributed by atoms with van der Waals surface area (Å²) in [7, 11) is 1.54. The van der Waals surface area contributed by atoms with Gasteiger partial charge in [-0.05, 0) is 29.8 Å². The highest BCUT2D eigenvalue weighted by molar-refractivity contribution is 9.10. The van der Waals surface area contributed by atoms with Gasteiger partial charge in [-0.1, -0.05) is 40.2 Å². The van der Waals surface area contributed by atoms with Crippen molar-refractivity contribution in [3.63, 3.8) is 0 Å². The lowest BCUT2D eigenvalue weighted by atomic mass is 10.0. The molecule has 1 amide bonds. The number of carboxylic acid groups (broad SMARTS) is 1. The Balaban J connectivity index is 1.72. The first-order chi connectivity index (χ1) is 14.5. The number of carbonyl (C=O) groups is 2. The zero-order chi connectivity index (χ0) is 21.3. The number of hydrogen-bond acceptors (Lipinski definition) is 5. The number of ether oxygens (including phenoxy) is 1. The molecule has 1 aromatic heterocycles. The number of halogens is 1. The van der Waals surface area contributed by atoms with Crippen LogP contribution < -0.4 is 15.4 Å². The van der Waals surface area contributed by atoms with Gasteiger partial charge in [0.1, 0.15) is 28.9 Å². The summed E-state index contributed by atoms with van der Waals surface area (Å²) < 4.78 is 7.57. The Morgan fingerprint density at radius 1 is 1.23 bits per heavy atom. The number of rotatable bonds is 5. The van der Waals surface area contributed by atoms with Crippen molar-refractivity contribution in [2.24, 2.45) is 0 Å². The van der Waals surface area contributed by atoms with Crippen molar-refractivity contribution in [1.82, 2.24) is 9.78 Å². The van der Waals surface area contributed by atoms with Gasteiger partial charge >= 0.3 is 5.97 Å². The third-order valence-corrected chi connectivity index (χ3v) is 5.39. The summed E-state index contributed by atoms with van der Waals surface area (Å²) >= 11 is 3.50. The summed E-state index contributed by atoms with van der Waals surface area (Å²) in [5.41, 5.74) is 1.56. The summed E-state index contributed by atoms with van der Waals surface area (Å²) in [5, 5.41) is 19.5. The van der Waals surface area contributed by atoms with E-state index in [1.165, 1.54) is 6.20 Å². The van der Waals surface area contributed by atoms with Gasteiger partial charge in [0.15, 0.2) is 0 Å². The van der Waals surface area contributed by atoms with Gasteiger partial charge in [-0.3, -0.25) is 4.79 Å². The van der Waals surface area contributed by atoms with Gasteiger partial charge in [0.05, 0.1) is 13.3 Å². The highest BCUT2D eigenvalue weighted by Gasteiger charge is 2.30. The van der Waals surface area contributed by atoms with E-state index in [1.807, 2.05) is 24.3 Å². The van der Waals surface area contributed by atoms with Crippen LogP contribution >= 0.6 is 15.9 Å². The fourth-order valence-electron chi connectivity index (χ4n) is 3.22. The van der Waals surface area contributed by atoms with E-state index in [1.54, 1.807) is 42.1 Å². The molecule has 1 unspecified atom stereocenters. The Hall–Kier alpha value is -3.59. The first kappa shape index (κ1) is 19.7. The lowest BCUT2D eigenvalue weighted by molar-refractivity contribution is -0.132. The number of fused-ring (bicyclic) bond motifs is 1. The predicted molar refractivity (Wildman–Crippen MR) is 115 cm³/mol. The molecule has 9 heteroatoms. The molecular weight excluding hydrogens is 452 g/mol. The standard InChI is InChI=1S/C21H17BrN4O4/c1-30-13-6-4-5-12(9-13)24-20(27)15-11-23-26-18(14-7-2-3-8-16(14)22)10-17(21(28)29)25-19(15)26/h2-11,18,25H,1H3,(H,24,27)(H,28,29). The molecule has 1 aliphatic rings. The smallest absolute Gasteiger partial charge is 0.352 e. The average molecular weight is 469 g/mol. The SMILES string of the molecule is COc1cccc(NC(=O)c2cnn3c2NC(C(=O)O)=CC3c2ccccc2Br)c1. The van der Waals surface area contributed by atoms with E-state index in [4.69, 9.17) is 4.74 Å². The number of nitrogens with one attached hydrogen (secondary N) is 2. The maximum Gasteiger partial charge on any atom is 0.352 e. The second-order valence-electron chi connectivity index (χ2n) is 6.51. The van der Waals surface area contributed by atoms with Crippen LogP contribution in [0.5, 0.6) is 5.75 Å². The molecule has 1 atom stereocenters. The Kier molecular flexibility index (Phi) is 5.28. The first-order valence-corrected chi connectivity index (χ1v) is 9.76. The van der Waals surface area contributed by atoms with Crippen molar-refractivity contribution in [1.29, 1.82) is 0 Å². The van der Waals surface area contributed by atoms with E-state index in [0.717, 1.165) is 10.0 Å². The van der Waals surface area contributed by atoms with Crippen LogP contribution in [-0.4, -0.2) is 33.9 Å². The third-order valence-electron chi connectivity index (χ3n) is 4.66. The van der Waals surface area contributed by atoms with Gasteiger partial charge in [-0.15, -0.1) is 0 Å². The molecule has 0 bridgehead atoms. The fraction of sp³-hybridized carbons (Fsp3) is 0.0952. The van der Waals surface area contributed by atoms with Crippen LogP contribution in [0.4, 0.5) is 11.5 Å². The second kappa shape index (κ2) is 8.03. The number of anilines is 2. The monoisotopic (exact) mass is 468 g/mol. The van der Waals surface area contributed by atoms with Crippen molar-refractivity contribution in [3.05, 3.63) is 82.1 Å². The van der Waals surface area contributed by atoms with Crippen LogP contribution in [0.1, 0.15) is 22.0 Å². The molecule has 0 saturated heterocycles. The molecule has 3 N–H and O–H groups in total.